The third-order valence-electron chi connectivity index (χ3n) is 4.52. The van der Waals surface area contributed by atoms with E-state index in [-0.39, 0.29) is 0 Å². The van der Waals surface area contributed by atoms with E-state index in [1.54, 1.807) is 6.92 Å². The summed E-state index contributed by atoms with van der Waals surface area (Å²) in [6, 6.07) is 6.30. The molecule has 1 aromatic rings. The van der Waals surface area contributed by atoms with Crippen molar-refractivity contribution in [2.24, 2.45) is 11.3 Å². The van der Waals surface area contributed by atoms with E-state index in [1.807, 2.05) is 6.07 Å². The molecule has 1 aliphatic rings. The van der Waals surface area contributed by atoms with Gasteiger partial charge in [-0.2, -0.15) is 0 Å². The molecule has 0 aliphatic carbocycles. The van der Waals surface area contributed by atoms with Gasteiger partial charge in [-0.15, -0.1) is 0 Å². The van der Waals surface area contributed by atoms with E-state index in [9.17, 15) is 5.11 Å². The van der Waals surface area contributed by atoms with Crippen LogP contribution >= 0.6 is 15.9 Å². The zero-order valence-electron chi connectivity index (χ0n) is 13.0. The van der Waals surface area contributed by atoms with Gasteiger partial charge >= 0.3 is 0 Å². The lowest BCUT2D eigenvalue weighted by Crippen LogP contribution is -2.38. The molecule has 0 saturated carbocycles. The first kappa shape index (κ1) is 15.8. The van der Waals surface area contributed by atoms with Gasteiger partial charge in [0.1, 0.15) is 0 Å². The maximum absolute atomic E-state index is 9.69. The van der Waals surface area contributed by atoms with Crippen LogP contribution in [0.1, 0.15) is 52.2 Å². The van der Waals surface area contributed by atoms with Gasteiger partial charge in [0.15, 0.2) is 0 Å². The molecule has 1 N–H and O–H groups in total. The molecule has 0 spiro atoms. The zero-order chi connectivity index (χ0) is 14.9. The minimum Gasteiger partial charge on any atom is -0.389 e. The van der Waals surface area contributed by atoms with E-state index in [0.717, 1.165) is 29.0 Å². The molecule has 20 heavy (non-hydrogen) atoms. The first-order chi connectivity index (χ1) is 9.29. The van der Waals surface area contributed by atoms with Gasteiger partial charge in [-0.3, -0.25) is 0 Å². The lowest BCUT2D eigenvalue weighted by atomic mass is 9.75. The van der Waals surface area contributed by atoms with Crippen molar-refractivity contribution in [3.63, 3.8) is 0 Å². The van der Waals surface area contributed by atoms with E-state index in [4.69, 9.17) is 0 Å². The minimum absolute atomic E-state index is 0.419. The van der Waals surface area contributed by atoms with E-state index >= 15 is 0 Å². The number of rotatable bonds is 2. The molecule has 2 nitrogen and oxygen atoms in total. The Balaban J connectivity index is 2.06. The number of hydrogen-bond donors (Lipinski definition) is 1. The van der Waals surface area contributed by atoms with Crippen molar-refractivity contribution in [1.29, 1.82) is 0 Å². The van der Waals surface area contributed by atoms with Crippen LogP contribution in [-0.2, 0) is 0 Å². The van der Waals surface area contributed by atoms with Gasteiger partial charge in [-0.05, 0) is 48.8 Å². The number of anilines is 1. The topological polar surface area (TPSA) is 23.5 Å². The Morgan fingerprint density at radius 2 is 1.85 bits per heavy atom. The Morgan fingerprint density at radius 1 is 1.25 bits per heavy atom. The summed E-state index contributed by atoms with van der Waals surface area (Å²) in [6.45, 7) is 11.1. The Labute approximate surface area is 131 Å². The third kappa shape index (κ3) is 3.56. The minimum atomic E-state index is -0.426. The van der Waals surface area contributed by atoms with E-state index in [1.165, 1.54) is 18.5 Å². The number of nitrogens with zero attached hydrogens (tertiary/aromatic N) is 1. The molecule has 1 aliphatic heterocycles. The summed E-state index contributed by atoms with van der Waals surface area (Å²) < 4.78 is 1.00. The maximum Gasteiger partial charge on any atom is 0.0772 e. The van der Waals surface area contributed by atoms with Gasteiger partial charge in [0, 0.05) is 23.2 Å². The fourth-order valence-electron chi connectivity index (χ4n) is 3.06. The Morgan fingerprint density at radius 3 is 2.30 bits per heavy atom. The molecule has 2 rings (SSSR count). The van der Waals surface area contributed by atoms with Gasteiger partial charge < -0.3 is 10.0 Å². The zero-order valence-corrected chi connectivity index (χ0v) is 14.6. The molecule has 3 heteroatoms. The second-order valence-corrected chi connectivity index (χ2v) is 7.86. The maximum atomic E-state index is 9.69. The number of hydrogen-bond acceptors (Lipinski definition) is 2. The fourth-order valence-corrected chi connectivity index (χ4v) is 3.75. The number of halogens is 1. The van der Waals surface area contributed by atoms with Crippen LogP contribution in [0.2, 0.25) is 0 Å². The molecule has 0 amide bonds. The van der Waals surface area contributed by atoms with Crippen molar-refractivity contribution in [2.45, 2.75) is 46.6 Å². The highest BCUT2D eigenvalue weighted by atomic mass is 79.9. The van der Waals surface area contributed by atoms with E-state index < -0.39 is 6.10 Å². The molecule has 1 atom stereocenters. The van der Waals surface area contributed by atoms with Gasteiger partial charge in [-0.1, -0.05) is 42.8 Å². The normalized spacial score (nSPS) is 19.2. The Kier molecular flexibility index (Phi) is 4.80. The van der Waals surface area contributed by atoms with Crippen molar-refractivity contribution in [3.8, 4) is 0 Å². The van der Waals surface area contributed by atoms with Gasteiger partial charge in [0.2, 0.25) is 0 Å². The molecule has 1 aromatic carbocycles. The highest BCUT2D eigenvalue weighted by Gasteiger charge is 2.28. The lowest BCUT2D eigenvalue weighted by Gasteiger charge is -2.39. The summed E-state index contributed by atoms with van der Waals surface area (Å²) in [6.07, 6.45) is 2.10. The molecule has 0 bridgehead atoms. The first-order valence-electron chi connectivity index (χ1n) is 7.51. The number of piperidine rings is 1. The molecule has 1 heterocycles. The molecule has 0 aromatic heterocycles. The highest BCUT2D eigenvalue weighted by Crippen LogP contribution is 2.36. The summed E-state index contributed by atoms with van der Waals surface area (Å²) >= 11 is 3.57. The average Bonchev–Trinajstić information content (AvgIpc) is 2.37. The summed E-state index contributed by atoms with van der Waals surface area (Å²) in [4.78, 5) is 2.46. The second kappa shape index (κ2) is 6.07. The second-order valence-electron chi connectivity index (χ2n) is 7.01. The van der Waals surface area contributed by atoms with Crippen molar-refractivity contribution in [1.82, 2.24) is 0 Å². The molecule has 112 valence electrons. The van der Waals surface area contributed by atoms with Crippen LogP contribution in [0.15, 0.2) is 22.7 Å². The SMILES string of the molecule is C[C@@H](O)c1ccc(N2CCC(C(C)(C)C)CC2)cc1Br. The Hall–Kier alpha value is -0.540. The smallest absolute Gasteiger partial charge is 0.0772 e. The van der Waals surface area contributed by atoms with Crippen molar-refractivity contribution in [3.05, 3.63) is 28.2 Å². The Bertz CT molecular complexity index is 457. The van der Waals surface area contributed by atoms with Gasteiger partial charge in [-0.25, -0.2) is 0 Å². The molecule has 1 saturated heterocycles. The average molecular weight is 340 g/mol. The van der Waals surface area contributed by atoms with Gasteiger partial charge in [0.25, 0.3) is 0 Å². The van der Waals surface area contributed by atoms with E-state index in [2.05, 4.69) is 53.7 Å². The summed E-state index contributed by atoms with van der Waals surface area (Å²) in [5.41, 5.74) is 2.63. The van der Waals surface area contributed by atoms with Crippen molar-refractivity contribution >= 4 is 21.6 Å². The van der Waals surface area contributed by atoms with Crippen LogP contribution in [0.3, 0.4) is 0 Å². The van der Waals surface area contributed by atoms with Crippen LogP contribution in [-0.4, -0.2) is 18.2 Å². The summed E-state index contributed by atoms with van der Waals surface area (Å²) in [7, 11) is 0. The molecule has 1 fully saturated rings. The van der Waals surface area contributed by atoms with Crippen molar-refractivity contribution in [2.75, 3.05) is 18.0 Å². The molecule has 0 unspecified atom stereocenters. The van der Waals surface area contributed by atoms with Crippen molar-refractivity contribution < 1.29 is 5.11 Å². The monoisotopic (exact) mass is 339 g/mol. The van der Waals surface area contributed by atoms with Crippen LogP contribution in [0.25, 0.3) is 0 Å². The number of aliphatic hydroxyl groups excluding tert-OH is 1. The number of aliphatic hydroxyl groups is 1. The largest absolute Gasteiger partial charge is 0.389 e. The van der Waals surface area contributed by atoms with Crippen LogP contribution in [0.4, 0.5) is 5.69 Å². The molecule has 0 radical (unpaired) electrons. The predicted octanol–water partition coefficient (Wildman–Crippen LogP) is 4.76. The number of benzene rings is 1. The predicted molar refractivity (Wildman–Crippen MR) is 89.2 cm³/mol. The summed E-state index contributed by atoms with van der Waals surface area (Å²) in [5.74, 6) is 0.818. The summed E-state index contributed by atoms with van der Waals surface area (Å²) in [5, 5.41) is 9.69. The fraction of sp³-hybridized carbons (Fsp3) is 0.647. The van der Waals surface area contributed by atoms with E-state index in [0.29, 0.717) is 5.41 Å². The quantitative estimate of drug-likeness (QED) is 0.839. The van der Waals surface area contributed by atoms with Crippen LogP contribution in [0, 0.1) is 11.3 Å². The highest BCUT2D eigenvalue weighted by molar-refractivity contribution is 9.10. The molecular weight excluding hydrogens is 314 g/mol. The van der Waals surface area contributed by atoms with Crippen LogP contribution in [0.5, 0.6) is 0 Å². The molecular formula is C17H26BrNO. The third-order valence-corrected chi connectivity index (χ3v) is 5.21. The lowest BCUT2D eigenvalue weighted by molar-refractivity contribution is 0.197. The van der Waals surface area contributed by atoms with Gasteiger partial charge in [0.05, 0.1) is 6.10 Å². The first-order valence-corrected chi connectivity index (χ1v) is 8.31. The standard InChI is InChI=1S/C17H26BrNO/c1-12(20)15-6-5-14(11-16(15)18)19-9-7-13(8-10-19)17(2,3)4/h5-6,11-13,20H,7-10H2,1-4H3/t12-/m1/s1. The van der Waals surface area contributed by atoms with Crippen LogP contribution < -0.4 is 4.90 Å².